The molecule has 0 N–H and O–H groups in total. The molecule has 8 heteroatoms. The number of thiophene rings is 1. The molecule has 0 radical (unpaired) electrons. The molecular weight excluding hydrogens is 336 g/mol. The number of carbonyl (C=O) groups excluding carboxylic acids is 1. The average molecular weight is 354 g/mol. The van der Waals surface area contributed by atoms with Gasteiger partial charge < -0.3 is 4.90 Å². The maximum Gasteiger partial charge on any atom is 0.273 e. The standard InChI is InChI=1S/C17H18N6OS/c1-4-22(3)15-13-8-14(25-16(13)21-10-20-15)17(24)23(11-18-2)12-6-5-7-19-9-12/h5-11H,4H2,1-3H3. The average Bonchev–Trinajstić information content (AvgIpc) is 3.10. The molecule has 0 bridgehead atoms. The zero-order chi connectivity index (χ0) is 17.8. The highest BCUT2D eigenvalue weighted by Gasteiger charge is 2.21. The van der Waals surface area contributed by atoms with E-state index in [1.165, 1.54) is 28.9 Å². The molecule has 0 atom stereocenters. The topological polar surface area (TPSA) is 74.6 Å². The summed E-state index contributed by atoms with van der Waals surface area (Å²) in [6, 6.07) is 5.44. The summed E-state index contributed by atoms with van der Waals surface area (Å²) in [4.78, 5) is 34.6. The van der Waals surface area contributed by atoms with E-state index in [1.807, 2.05) is 31.0 Å². The van der Waals surface area contributed by atoms with Crippen LogP contribution in [0.4, 0.5) is 11.5 Å². The number of aromatic nitrogens is 3. The summed E-state index contributed by atoms with van der Waals surface area (Å²) >= 11 is 1.35. The van der Waals surface area contributed by atoms with Crippen molar-refractivity contribution in [2.24, 2.45) is 4.99 Å². The van der Waals surface area contributed by atoms with Crippen LogP contribution in [0.2, 0.25) is 0 Å². The molecule has 3 aromatic rings. The minimum Gasteiger partial charge on any atom is -0.359 e. The van der Waals surface area contributed by atoms with Crippen molar-refractivity contribution in [1.29, 1.82) is 0 Å². The highest BCUT2D eigenvalue weighted by atomic mass is 32.1. The summed E-state index contributed by atoms with van der Waals surface area (Å²) in [5.41, 5.74) is 0.660. The van der Waals surface area contributed by atoms with E-state index in [2.05, 4.69) is 19.9 Å². The summed E-state index contributed by atoms with van der Waals surface area (Å²) in [6.07, 6.45) is 6.32. The second-order valence-corrected chi connectivity index (χ2v) is 6.33. The lowest BCUT2D eigenvalue weighted by molar-refractivity contribution is 0.101. The Balaban J connectivity index is 2.04. The summed E-state index contributed by atoms with van der Waals surface area (Å²) < 4.78 is 0. The van der Waals surface area contributed by atoms with Crippen LogP contribution in [0.1, 0.15) is 16.6 Å². The van der Waals surface area contributed by atoms with Crippen molar-refractivity contribution in [2.45, 2.75) is 6.92 Å². The number of anilines is 2. The molecule has 3 heterocycles. The van der Waals surface area contributed by atoms with Gasteiger partial charge in [0.2, 0.25) is 0 Å². The lowest BCUT2D eigenvalue weighted by Gasteiger charge is -2.16. The molecule has 128 valence electrons. The van der Waals surface area contributed by atoms with Gasteiger partial charge in [-0.3, -0.25) is 19.7 Å². The van der Waals surface area contributed by atoms with E-state index in [9.17, 15) is 4.79 Å². The Hall–Kier alpha value is -2.87. The zero-order valence-corrected chi connectivity index (χ0v) is 15.1. The number of hydrogen-bond acceptors (Lipinski definition) is 7. The molecule has 0 spiro atoms. The van der Waals surface area contributed by atoms with Crippen LogP contribution in [0, 0.1) is 0 Å². The first-order valence-electron chi connectivity index (χ1n) is 7.77. The SMILES string of the molecule is CCN(C)c1ncnc2sc(C(=O)N(C=NC)c3cccnc3)cc12. The molecule has 0 aliphatic heterocycles. The molecule has 0 saturated heterocycles. The summed E-state index contributed by atoms with van der Waals surface area (Å²) in [5, 5.41) is 0.875. The number of pyridine rings is 1. The van der Waals surface area contributed by atoms with Crippen molar-refractivity contribution in [2.75, 3.05) is 30.4 Å². The van der Waals surface area contributed by atoms with Crippen LogP contribution in [-0.4, -0.2) is 47.8 Å². The van der Waals surface area contributed by atoms with Crippen LogP contribution in [-0.2, 0) is 0 Å². The molecule has 0 unspecified atom stereocenters. The van der Waals surface area contributed by atoms with Gasteiger partial charge in [-0.05, 0) is 25.1 Å². The van der Waals surface area contributed by atoms with Crippen LogP contribution >= 0.6 is 11.3 Å². The molecule has 3 aromatic heterocycles. The highest BCUT2D eigenvalue weighted by Crippen LogP contribution is 2.31. The second-order valence-electron chi connectivity index (χ2n) is 5.30. The quantitative estimate of drug-likeness (QED) is 0.520. The second kappa shape index (κ2) is 7.35. The normalized spacial score (nSPS) is 11.2. The van der Waals surface area contributed by atoms with Gasteiger partial charge in [-0.25, -0.2) is 9.97 Å². The van der Waals surface area contributed by atoms with Gasteiger partial charge in [0.05, 0.1) is 28.5 Å². The molecule has 3 rings (SSSR count). The Morgan fingerprint density at radius 2 is 2.24 bits per heavy atom. The predicted octanol–water partition coefficient (Wildman–Crippen LogP) is 2.85. The van der Waals surface area contributed by atoms with Gasteiger partial charge in [0.25, 0.3) is 5.91 Å². The van der Waals surface area contributed by atoms with Crippen LogP contribution in [0.3, 0.4) is 0 Å². The molecule has 7 nitrogen and oxygen atoms in total. The number of hydrogen-bond donors (Lipinski definition) is 0. The molecule has 0 saturated carbocycles. The molecule has 1 amide bonds. The Morgan fingerprint density at radius 3 is 2.92 bits per heavy atom. The maximum atomic E-state index is 13.0. The number of nitrogens with zero attached hydrogens (tertiary/aromatic N) is 6. The van der Waals surface area contributed by atoms with Crippen LogP contribution in [0.5, 0.6) is 0 Å². The van der Waals surface area contributed by atoms with E-state index >= 15 is 0 Å². The van der Waals surface area contributed by atoms with Crippen molar-refractivity contribution in [3.05, 3.63) is 41.8 Å². The molecule has 0 aliphatic carbocycles. The largest absolute Gasteiger partial charge is 0.359 e. The van der Waals surface area contributed by atoms with Gasteiger partial charge in [-0.15, -0.1) is 11.3 Å². The monoisotopic (exact) mass is 354 g/mol. The number of fused-ring (bicyclic) bond motifs is 1. The lowest BCUT2D eigenvalue weighted by atomic mass is 10.3. The Morgan fingerprint density at radius 1 is 1.40 bits per heavy atom. The van der Waals surface area contributed by atoms with Crippen molar-refractivity contribution in [3.8, 4) is 0 Å². The number of aliphatic imine (C=N–C) groups is 1. The van der Waals surface area contributed by atoms with E-state index in [0.29, 0.717) is 10.6 Å². The molecule has 0 fully saturated rings. The number of carbonyl (C=O) groups is 1. The molecule has 25 heavy (non-hydrogen) atoms. The summed E-state index contributed by atoms with van der Waals surface area (Å²) in [5.74, 6) is 0.645. The predicted molar refractivity (Wildman–Crippen MR) is 102 cm³/mol. The van der Waals surface area contributed by atoms with E-state index in [4.69, 9.17) is 0 Å². The lowest BCUT2D eigenvalue weighted by Crippen LogP contribution is -2.28. The molecule has 0 aromatic carbocycles. The molecule has 0 aliphatic rings. The van der Waals surface area contributed by atoms with Gasteiger partial charge in [0, 0.05) is 26.8 Å². The van der Waals surface area contributed by atoms with Crippen molar-refractivity contribution < 1.29 is 4.79 Å². The summed E-state index contributed by atoms with van der Waals surface area (Å²) in [7, 11) is 3.59. The van der Waals surface area contributed by atoms with E-state index in [1.54, 1.807) is 25.5 Å². The van der Waals surface area contributed by atoms with Crippen LogP contribution < -0.4 is 9.80 Å². The smallest absolute Gasteiger partial charge is 0.273 e. The van der Waals surface area contributed by atoms with E-state index in [0.717, 1.165) is 22.6 Å². The fraction of sp³-hybridized carbons (Fsp3) is 0.235. The Labute approximate surface area is 149 Å². The fourth-order valence-corrected chi connectivity index (χ4v) is 3.30. The van der Waals surface area contributed by atoms with Crippen molar-refractivity contribution in [3.63, 3.8) is 0 Å². The minimum atomic E-state index is -0.174. The van der Waals surface area contributed by atoms with Gasteiger partial charge in [-0.2, -0.15) is 0 Å². The number of rotatable bonds is 5. The van der Waals surface area contributed by atoms with Gasteiger partial charge in [0.15, 0.2) is 0 Å². The van der Waals surface area contributed by atoms with E-state index < -0.39 is 0 Å². The fourth-order valence-electron chi connectivity index (χ4n) is 2.37. The van der Waals surface area contributed by atoms with Gasteiger partial charge in [0.1, 0.15) is 17.0 Å². The first kappa shape index (κ1) is 17.0. The number of amides is 1. The third kappa shape index (κ3) is 3.34. The first-order valence-corrected chi connectivity index (χ1v) is 8.59. The minimum absolute atomic E-state index is 0.174. The Bertz CT molecular complexity index is 908. The highest BCUT2D eigenvalue weighted by molar-refractivity contribution is 7.20. The van der Waals surface area contributed by atoms with Crippen LogP contribution in [0.25, 0.3) is 10.2 Å². The van der Waals surface area contributed by atoms with Crippen LogP contribution in [0.15, 0.2) is 41.9 Å². The first-order chi connectivity index (χ1) is 12.2. The third-order valence-electron chi connectivity index (χ3n) is 3.73. The zero-order valence-electron chi connectivity index (χ0n) is 14.2. The maximum absolute atomic E-state index is 13.0. The summed E-state index contributed by atoms with van der Waals surface area (Å²) in [6.45, 7) is 2.86. The van der Waals surface area contributed by atoms with Crippen molar-refractivity contribution >= 4 is 45.3 Å². The van der Waals surface area contributed by atoms with Gasteiger partial charge >= 0.3 is 0 Å². The molecular formula is C17H18N6OS. The Kier molecular flexibility index (Phi) is 4.99. The van der Waals surface area contributed by atoms with Gasteiger partial charge in [-0.1, -0.05) is 0 Å². The van der Waals surface area contributed by atoms with E-state index in [-0.39, 0.29) is 5.91 Å². The van der Waals surface area contributed by atoms with Crippen molar-refractivity contribution in [1.82, 2.24) is 15.0 Å². The third-order valence-corrected chi connectivity index (χ3v) is 4.76.